The first-order valence-electron chi connectivity index (χ1n) is 26.7. The van der Waals surface area contributed by atoms with E-state index in [1.807, 2.05) is 102 Å². The predicted octanol–water partition coefficient (Wildman–Crippen LogP) is 6.32. The molecule has 3 amide bonds. The van der Waals surface area contributed by atoms with Crippen LogP contribution in [0, 0.1) is 23.2 Å². The zero-order chi connectivity index (χ0) is 57.1. The first-order valence-corrected chi connectivity index (χ1v) is 27.5. The number of carbonyl (C=O) groups excluding carboxylic acids is 4. The van der Waals surface area contributed by atoms with Crippen molar-refractivity contribution in [2.24, 2.45) is 23.2 Å². The number of aliphatic hydroxyl groups excluding tert-OH is 2. The maximum absolute atomic E-state index is 14.8. The number of amides is 3. The molecule has 0 aliphatic carbocycles. The van der Waals surface area contributed by atoms with Crippen LogP contribution in [0.15, 0.2) is 59.1 Å². The molecule has 0 radical (unpaired) electrons. The van der Waals surface area contributed by atoms with Gasteiger partial charge in [-0.3, -0.25) is 19.9 Å². The van der Waals surface area contributed by atoms with Crippen LogP contribution in [0.5, 0.6) is 5.75 Å². The highest BCUT2D eigenvalue weighted by molar-refractivity contribution is 9.10. The Morgan fingerprint density at radius 3 is 2.14 bits per heavy atom. The lowest BCUT2D eigenvalue weighted by Crippen LogP contribution is -2.60. The Hall–Kier alpha value is -4.42. The van der Waals surface area contributed by atoms with Gasteiger partial charge >= 0.3 is 18.2 Å². The van der Waals surface area contributed by atoms with Gasteiger partial charge in [0.15, 0.2) is 12.6 Å². The summed E-state index contributed by atoms with van der Waals surface area (Å²) in [6.07, 6.45) is -9.31. The highest BCUT2D eigenvalue weighted by Gasteiger charge is 2.52. The Morgan fingerprint density at radius 1 is 0.870 bits per heavy atom. The monoisotopic (exact) mass is 1150 g/mol. The van der Waals surface area contributed by atoms with E-state index in [2.05, 4.69) is 32.1 Å². The van der Waals surface area contributed by atoms with E-state index in [0.717, 1.165) is 15.6 Å². The van der Waals surface area contributed by atoms with Crippen LogP contribution in [0.2, 0.25) is 0 Å². The number of benzene rings is 2. The molecule has 0 aromatic heterocycles. The average molecular weight is 1150 g/mol. The molecule has 3 fully saturated rings. The molecule has 3 aliphatic rings. The van der Waals surface area contributed by atoms with E-state index in [9.17, 15) is 34.5 Å². The predicted molar refractivity (Wildman–Crippen MR) is 291 cm³/mol. The number of aliphatic hydroxyl groups is 3. The summed E-state index contributed by atoms with van der Waals surface area (Å²) in [7, 11) is 7.12. The number of nitrogens with zero attached hydrogens (tertiary/aromatic N) is 2. The number of cyclic esters (lactones) is 1. The van der Waals surface area contributed by atoms with E-state index in [1.165, 1.54) is 6.08 Å². The summed E-state index contributed by atoms with van der Waals surface area (Å²) in [4.78, 5) is 58.0. The van der Waals surface area contributed by atoms with Crippen molar-refractivity contribution in [1.29, 1.82) is 0 Å². The molecule has 20 nitrogen and oxygen atoms in total. The van der Waals surface area contributed by atoms with E-state index in [1.54, 1.807) is 59.9 Å². The summed E-state index contributed by atoms with van der Waals surface area (Å²) < 4.78 is 50.8. The second-order valence-corrected chi connectivity index (χ2v) is 23.4. The standard InChI is InChI=1S/C56H86BrN5O15/c1-15-42-46(65)48(75-53(67)58-29-38-18-23-40(70-14)24-19-38)35(6)62(13)30-31(2)27-56(10,69)49(76-52-45(64)41(61(11)12)26-32(3)71-52)33(4)47(34(5)51(66)73-42)74-44-28-55(8,9)50(36(7)72-44)77-54(68)60-59-43(63)25-20-37-16-21-39(57)22-17-37/h16-25,31-36,41-42,44-50,52,64-65,69H,15,26-30H2,1-14H3,(H,58,67)(H,59,63)(H,60,68)/b25-20+/t31-,32-,33+,34-,35-,36+,41+,42-,44?,45-,46+,47+,48-,49-,50+,52+,56+/m1/s1. The average Bonchev–Trinajstić information content (AvgIpc) is 3.37. The lowest BCUT2D eigenvalue weighted by atomic mass is 9.77. The molecule has 3 heterocycles. The quantitative estimate of drug-likeness (QED) is 0.0557. The lowest BCUT2D eigenvalue weighted by Gasteiger charge is -2.49. The van der Waals surface area contributed by atoms with E-state index in [4.69, 9.17) is 37.9 Å². The Morgan fingerprint density at radius 2 is 1.53 bits per heavy atom. The molecule has 2 aromatic carbocycles. The summed E-state index contributed by atoms with van der Waals surface area (Å²) in [5.74, 6) is -2.93. The second-order valence-electron chi connectivity index (χ2n) is 22.5. The SMILES string of the molecule is CC[C@H]1OC(=O)[C@H](C)[C@@H](OC2CC(C)(C)[C@@H](OC(=O)NNC(=O)/C=C/c3ccc(Br)cc3)[C@H](C)O2)[C@H](C)[C@@H](O[C@@H]2O[C@H](C)C[C@H](N(C)C)[C@H]2O)[C@@](C)(O)C[C@@H](C)CN(C)[C@H](C)[C@@H](OC(=O)NCc2ccc(OC)cc2)[C@H]1O. The number of nitrogens with one attached hydrogen (secondary N) is 3. The normalized spacial score (nSPS) is 34.7. The number of methoxy groups -OCH3 is 1. The van der Waals surface area contributed by atoms with Gasteiger partial charge in [0.2, 0.25) is 0 Å². The van der Waals surface area contributed by atoms with Gasteiger partial charge in [0, 0.05) is 53.5 Å². The molecule has 2 aromatic rings. The molecule has 17 atom stereocenters. The van der Waals surface area contributed by atoms with Crippen molar-refractivity contribution in [2.45, 2.75) is 187 Å². The highest BCUT2D eigenvalue weighted by atomic mass is 79.9. The number of alkyl carbamates (subject to hydrolysis) is 1. The number of hydrogen-bond donors (Lipinski definition) is 6. The minimum Gasteiger partial charge on any atom is -0.497 e. The molecule has 6 N–H and O–H groups in total. The van der Waals surface area contributed by atoms with Gasteiger partial charge < -0.3 is 63.4 Å². The molecule has 3 aliphatic heterocycles. The summed E-state index contributed by atoms with van der Waals surface area (Å²) in [5, 5.41) is 39.7. The van der Waals surface area contributed by atoms with Gasteiger partial charge in [-0.25, -0.2) is 15.0 Å². The molecule has 5 rings (SSSR count). The van der Waals surface area contributed by atoms with Crippen LogP contribution in [0.1, 0.15) is 106 Å². The summed E-state index contributed by atoms with van der Waals surface area (Å²) in [6.45, 7) is 18.4. The zero-order valence-corrected chi connectivity index (χ0v) is 48.9. The number of ether oxygens (including phenoxy) is 8. The molecule has 1 unspecified atom stereocenters. The van der Waals surface area contributed by atoms with Crippen molar-refractivity contribution in [3.05, 3.63) is 70.2 Å². The molecule has 3 saturated heterocycles. The first kappa shape index (κ1) is 63.4. The van der Waals surface area contributed by atoms with Gasteiger partial charge in [-0.15, -0.1) is 0 Å². The Balaban J connectivity index is 1.44. The second kappa shape index (κ2) is 28.1. The maximum atomic E-state index is 14.8. The van der Waals surface area contributed by atoms with Gasteiger partial charge in [0.05, 0.1) is 43.0 Å². The van der Waals surface area contributed by atoms with Crippen molar-refractivity contribution < 1.29 is 72.4 Å². The number of likely N-dealkylation sites (N-methyl/N-ethyl adjacent to an activating group) is 2. The third-order valence-corrected chi connectivity index (χ3v) is 15.7. The third-order valence-electron chi connectivity index (χ3n) is 15.2. The van der Waals surface area contributed by atoms with Crippen LogP contribution >= 0.6 is 15.9 Å². The van der Waals surface area contributed by atoms with Crippen molar-refractivity contribution >= 4 is 46.1 Å². The Bertz CT molecular complexity index is 2250. The number of esters is 1. The highest BCUT2D eigenvalue weighted by Crippen LogP contribution is 2.42. The number of carbonyl (C=O) groups is 4. The van der Waals surface area contributed by atoms with Crippen molar-refractivity contribution in [2.75, 3.05) is 34.8 Å². The van der Waals surface area contributed by atoms with E-state index in [0.29, 0.717) is 18.7 Å². The lowest BCUT2D eigenvalue weighted by molar-refractivity contribution is -0.312. The summed E-state index contributed by atoms with van der Waals surface area (Å²) in [6, 6.07) is 13.5. The van der Waals surface area contributed by atoms with Crippen molar-refractivity contribution in [3.8, 4) is 5.75 Å². The van der Waals surface area contributed by atoms with Gasteiger partial charge in [-0.2, -0.15) is 0 Å². The number of halogens is 1. The molecule has 77 heavy (non-hydrogen) atoms. The van der Waals surface area contributed by atoms with Gasteiger partial charge in [-0.05, 0) is 122 Å². The fourth-order valence-electron chi connectivity index (χ4n) is 10.9. The number of rotatable bonds is 13. The van der Waals surface area contributed by atoms with Crippen LogP contribution in [0.3, 0.4) is 0 Å². The molecule has 432 valence electrons. The van der Waals surface area contributed by atoms with Gasteiger partial charge in [0.1, 0.15) is 36.3 Å². The van der Waals surface area contributed by atoms with Crippen LogP contribution in [0.25, 0.3) is 6.08 Å². The van der Waals surface area contributed by atoms with Crippen molar-refractivity contribution in [1.82, 2.24) is 26.0 Å². The smallest absolute Gasteiger partial charge is 0.426 e. The minimum atomic E-state index is -1.68. The Labute approximate surface area is 463 Å². The molecule has 0 bridgehead atoms. The number of hydrazine groups is 1. The Kier molecular flexibility index (Phi) is 23.2. The molecule has 0 spiro atoms. The van der Waals surface area contributed by atoms with Crippen LogP contribution < -0.4 is 20.9 Å². The van der Waals surface area contributed by atoms with Gasteiger partial charge in [0.25, 0.3) is 5.91 Å². The number of hydrogen-bond acceptors (Lipinski definition) is 17. The minimum absolute atomic E-state index is 0.127. The van der Waals surface area contributed by atoms with Crippen LogP contribution in [-0.4, -0.2) is 169 Å². The first-order chi connectivity index (χ1) is 36.1. The fraction of sp³-hybridized carbons (Fsp3) is 0.679. The van der Waals surface area contributed by atoms with Crippen LogP contribution in [0.4, 0.5) is 9.59 Å². The van der Waals surface area contributed by atoms with E-state index < -0.39 is 114 Å². The fourth-order valence-corrected chi connectivity index (χ4v) is 11.2. The topological polar surface area (TPSA) is 245 Å². The van der Waals surface area contributed by atoms with E-state index >= 15 is 0 Å². The maximum Gasteiger partial charge on any atom is 0.426 e. The molecule has 0 saturated carbocycles. The molecular weight excluding hydrogens is 1060 g/mol. The third kappa shape index (κ3) is 17.5. The summed E-state index contributed by atoms with van der Waals surface area (Å²) >= 11 is 3.38. The molecular formula is C56H86BrN5O15. The van der Waals surface area contributed by atoms with Crippen LogP contribution in [-0.2, 0) is 49.3 Å². The van der Waals surface area contributed by atoms with Crippen molar-refractivity contribution in [3.63, 3.8) is 0 Å². The van der Waals surface area contributed by atoms with Gasteiger partial charge in [-0.1, -0.05) is 74.8 Å². The van der Waals surface area contributed by atoms with E-state index in [-0.39, 0.29) is 43.9 Å². The molecule has 21 heteroatoms. The zero-order valence-electron chi connectivity index (χ0n) is 47.3. The largest absolute Gasteiger partial charge is 0.497 e. The summed E-state index contributed by atoms with van der Waals surface area (Å²) in [5.41, 5.74) is 3.70.